The summed E-state index contributed by atoms with van der Waals surface area (Å²) in [5.41, 5.74) is 0.468. The normalized spacial score (nSPS) is 22.6. The van der Waals surface area contributed by atoms with Crippen LogP contribution < -0.4 is 16.0 Å². The van der Waals surface area contributed by atoms with Crippen LogP contribution in [0.25, 0.3) is 0 Å². The zero-order valence-corrected chi connectivity index (χ0v) is 15.7. The maximum absolute atomic E-state index is 11.7. The second-order valence-electron chi connectivity index (χ2n) is 7.84. The lowest BCUT2D eigenvalue weighted by Crippen LogP contribution is -2.50. The second kappa shape index (κ2) is 8.58. The summed E-state index contributed by atoms with van der Waals surface area (Å²) < 4.78 is 5.00. The highest BCUT2D eigenvalue weighted by atomic mass is 16.5. The summed E-state index contributed by atoms with van der Waals surface area (Å²) in [6.07, 6.45) is 6.87. The van der Waals surface area contributed by atoms with Crippen molar-refractivity contribution in [3.05, 3.63) is 0 Å². The number of aliphatic imine (C=N–C) groups is 1. The SMILES string of the molecule is CCOC(=O)NC(CNC(=NC)NC1CCC(C)(C)CC1)C1CC1. The lowest BCUT2D eigenvalue weighted by Gasteiger charge is -2.35. The monoisotopic (exact) mass is 338 g/mol. The molecular weight excluding hydrogens is 304 g/mol. The van der Waals surface area contributed by atoms with E-state index in [0.717, 1.165) is 5.96 Å². The Bertz CT molecular complexity index is 436. The molecule has 24 heavy (non-hydrogen) atoms. The number of hydrogen-bond acceptors (Lipinski definition) is 3. The Morgan fingerprint density at radius 2 is 1.92 bits per heavy atom. The summed E-state index contributed by atoms with van der Waals surface area (Å²) in [4.78, 5) is 16.0. The molecular formula is C18H34N4O2. The molecule has 0 aliphatic heterocycles. The van der Waals surface area contributed by atoms with Crippen molar-refractivity contribution in [1.82, 2.24) is 16.0 Å². The predicted octanol–water partition coefficient (Wildman–Crippen LogP) is 2.64. The van der Waals surface area contributed by atoms with Crippen LogP contribution in [-0.2, 0) is 4.74 Å². The van der Waals surface area contributed by atoms with Crippen molar-refractivity contribution in [1.29, 1.82) is 0 Å². The molecule has 0 heterocycles. The number of nitrogens with one attached hydrogen (secondary N) is 3. The third kappa shape index (κ3) is 6.21. The van der Waals surface area contributed by atoms with E-state index in [1.807, 2.05) is 6.92 Å². The molecule has 138 valence electrons. The molecule has 0 aromatic rings. The van der Waals surface area contributed by atoms with Gasteiger partial charge in [-0.15, -0.1) is 0 Å². The largest absolute Gasteiger partial charge is 0.450 e. The Labute approximate surface area is 146 Å². The molecule has 2 rings (SSSR count). The number of hydrogen-bond donors (Lipinski definition) is 3. The number of nitrogens with zero attached hydrogens (tertiary/aromatic N) is 1. The first-order chi connectivity index (χ1) is 11.4. The molecule has 0 bridgehead atoms. The lowest BCUT2D eigenvalue weighted by molar-refractivity contribution is 0.146. The highest BCUT2D eigenvalue weighted by Gasteiger charge is 2.33. The van der Waals surface area contributed by atoms with Gasteiger partial charge in [-0.05, 0) is 56.8 Å². The zero-order valence-electron chi connectivity index (χ0n) is 15.7. The van der Waals surface area contributed by atoms with Crippen molar-refractivity contribution < 1.29 is 9.53 Å². The minimum atomic E-state index is -0.325. The van der Waals surface area contributed by atoms with Gasteiger partial charge >= 0.3 is 6.09 Å². The lowest BCUT2D eigenvalue weighted by atomic mass is 9.75. The molecule has 1 atom stereocenters. The van der Waals surface area contributed by atoms with Crippen molar-refractivity contribution in [3.8, 4) is 0 Å². The summed E-state index contributed by atoms with van der Waals surface area (Å²) in [5, 5.41) is 9.87. The Morgan fingerprint density at radius 1 is 1.25 bits per heavy atom. The van der Waals surface area contributed by atoms with Gasteiger partial charge in [-0.25, -0.2) is 4.79 Å². The Kier molecular flexibility index (Phi) is 6.75. The van der Waals surface area contributed by atoms with E-state index in [9.17, 15) is 4.79 Å². The van der Waals surface area contributed by atoms with Crippen LogP contribution in [0.2, 0.25) is 0 Å². The Hall–Kier alpha value is -1.46. The van der Waals surface area contributed by atoms with Crippen molar-refractivity contribution in [2.24, 2.45) is 16.3 Å². The molecule has 2 saturated carbocycles. The maximum Gasteiger partial charge on any atom is 0.407 e. The van der Waals surface area contributed by atoms with E-state index in [4.69, 9.17) is 4.74 Å². The van der Waals surface area contributed by atoms with Crippen LogP contribution in [0.4, 0.5) is 4.79 Å². The van der Waals surface area contributed by atoms with Gasteiger partial charge in [-0.2, -0.15) is 0 Å². The van der Waals surface area contributed by atoms with Gasteiger partial charge in [0.25, 0.3) is 0 Å². The summed E-state index contributed by atoms with van der Waals surface area (Å²) in [7, 11) is 1.80. The van der Waals surface area contributed by atoms with E-state index in [2.05, 4.69) is 34.8 Å². The summed E-state index contributed by atoms with van der Waals surface area (Å²) in [6, 6.07) is 0.592. The van der Waals surface area contributed by atoms with Gasteiger partial charge in [0.1, 0.15) is 0 Å². The molecule has 0 aromatic heterocycles. The van der Waals surface area contributed by atoms with E-state index in [1.165, 1.54) is 38.5 Å². The number of carbonyl (C=O) groups is 1. The van der Waals surface area contributed by atoms with Crippen LogP contribution in [0, 0.1) is 11.3 Å². The molecule has 1 amide bonds. The van der Waals surface area contributed by atoms with Crippen LogP contribution in [0.5, 0.6) is 0 Å². The molecule has 3 N–H and O–H groups in total. The minimum absolute atomic E-state index is 0.105. The number of amides is 1. The molecule has 6 heteroatoms. The highest BCUT2D eigenvalue weighted by molar-refractivity contribution is 5.80. The number of alkyl carbamates (subject to hydrolysis) is 1. The van der Waals surface area contributed by atoms with Gasteiger partial charge in [-0.1, -0.05) is 13.8 Å². The number of rotatable bonds is 6. The summed E-state index contributed by atoms with van der Waals surface area (Å²) in [6.45, 7) is 7.59. The molecule has 0 saturated heterocycles. The van der Waals surface area contributed by atoms with Gasteiger partial charge in [0.05, 0.1) is 12.6 Å². The molecule has 2 fully saturated rings. The van der Waals surface area contributed by atoms with Crippen LogP contribution in [0.1, 0.15) is 59.3 Å². The van der Waals surface area contributed by atoms with Gasteiger partial charge in [0, 0.05) is 19.6 Å². The molecule has 0 radical (unpaired) electrons. The van der Waals surface area contributed by atoms with Gasteiger partial charge in [0.15, 0.2) is 5.96 Å². The highest BCUT2D eigenvalue weighted by Crippen LogP contribution is 2.35. The van der Waals surface area contributed by atoms with Crippen LogP contribution in [0.3, 0.4) is 0 Å². The number of carbonyl (C=O) groups excluding carboxylic acids is 1. The quantitative estimate of drug-likeness (QED) is 0.514. The first-order valence-electron chi connectivity index (χ1n) is 9.34. The van der Waals surface area contributed by atoms with E-state index in [0.29, 0.717) is 30.5 Å². The first-order valence-corrected chi connectivity index (χ1v) is 9.34. The fourth-order valence-corrected chi connectivity index (χ4v) is 3.30. The fraction of sp³-hybridized carbons (Fsp3) is 0.889. The van der Waals surface area contributed by atoms with E-state index < -0.39 is 0 Å². The van der Waals surface area contributed by atoms with Gasteiger partial charge in [-0.3, -0.25) is 4.99 Å². The van der Waals surface area contributed by atoms with Crippen molar-refractivity contribution in [3.63, 3.8) is 0 Å². The van der Waals surface area contributed by atoms with Gasteiger partial charge in [0.2, 0.25) is 0 Å². The molecule has 6 nitrogen and oxygen atoms in total. The van der Waals surface area contributed by atoms with Crippen LogP contribution in [0.15, 0.2) is 4.99 Å². The molecule has 2 aliphatic carbocycles. The number of ether oxygens (including phenoxy) is 1. The van der Waals surface area contributed by atoms with Gasteiger partial charge < -0.3 is 20.7 Å². The third-order valence-corrected chi connectivity index (χ3v) is 5.16. The molecule has 2 aliphatic rings. The molecule has 1 unspecified atom stereocenters. The first kappa shape index (κ1) is 18.9. The average molecular weight is 338 g/mol. The summed E-state index contributed by atoms with van der Waals surface area (Å²) >= 11 is 0. The fourth-order valence-electron chi connectivity index (χ4n) is 3.30. The zero-order chi connectivity index (χ0) is 17.6. The van der Waals surface area contributed by atoms with Crippen molar-refractivity contribution in [2.45, 2.75) is 71.4 Å². The van der Waals surface area contributed by atoms with Crippen molar-refractivity contribution >= 4 is 12.1 Å². The van der Waals surface area contributed by atoms with E-state index in [-0.39, 0.29) is 12.1 Å². The van der Waals surface area contributed by atoms with Crippen LogP contribution in [-0.4, -0.2) is 44.3 Å². The molecule has 0 aromatic carbocycles. The smallest absolute Gasteiger partial charge is 0.407 e. The topological polar surface area (TPSA) is 74.8 Å². The van der Waals surface area contributed by atoms with Crippen LogP contribution >= 0.6 is 0 Å². The van der Waals surface area contributed by atoms with E-state index in [1.54, 1.807) is 7.05 Å². The summed E-state index contributed by atoms with van der Waals surface area (Å²) in [5.74, 6) is 1.38. The third-order valence-electron chi connectivity index (χ3n) is 5.16. The van der Waals surface area contributed by atoms with Crippen molar-refractivity contribution in [2.75, 3.05) is 20.2 Å². The molecule has 0 spiro atoms. The minimum Gasteiger partial charge on any atom is -0.450 e. The standard InChI is InChI=1S/C18H34N4O2/c1-5-24-17(23)22-15(13-6-7-13)12-20-16(19-4)21-14-8-10-18(2,3)11-9-14/h13-15H,5-12H2,1-4H3,(H,22,23)(H2,19,20,21). The Balaban J connectivity index is 1.76. The predicted molar refractivity (Wildman–Crippen MR) is 97.2 cm³/mol. The Morgan fingerprint density at radius 3 is 2.46 bits per heavy atom. The number of guanidine groups is 1. The average Bonchev–Trinajstić information content (AvgIpc) is 3.36. The second-order valence-corrected chi connectivity index (χ2v) is 7.84. The maximum atomic E-state index is 11.7. The van der Waals surface area contributed by atoms with E-state index >= 15 is 0 Å².